The highest BCUT2D eigenvalue weighted by Gasteiger charge is 2.33. The second kappa shape index (κ2) is 8.01. The number of ether oxygens (including phenoxy) is 1. The lowest BCUT2D eigenvalue weighted by Gasteiger charge is -2.19. The summed E-state index contributed by atoms with van der Waals surface area (Å²) in [4.78, 5) is 20.9. The van der Waals surface area contributed by atoms with Crippen LogP contribution in [0.4, 0.5) is 5.82 Å². The summed E-state index contributed by atoms with van der Waals surface area (Å²) in [6, 6.07) is 1.98. The van der Waals surface area contributed by atoms with Crippen LogP contribution < -0.4 is 0 Å². The number of hydrogen-bond donors (Lipinski definition) is 0. The van der Waals surface area contributed by atoms with E-state index in [1.165, 1.54) is 0 Å². The highest BCUT2D eigenvalue weighted by atomic mass is 32.2. The quantitative estimate of drug-likeness (QED) is 0.529. The van der Waals surface area contributed by atoms with Gasteiger partial charge in [-0.2, -0.15) is 0 Å². The predicted octanol–water partition coefficient (Wildman–Crippen LogP) is 3.70. The van der Waals surface area contributed by atoms with Crippen molar-refractivity contribution in [1.82, 2.24) is 4.98 Å². The number of carbonyl (C=O) groups excluding carboxylic acids is 1. The molecule has 1 aromatic rings. The smallest absolute Gasteiger partial charge is 0.305 e. The molecule has 132 valence electrons. The zero-order valence-electron chi connectivity index (χ0n) is 14.9. The number of unbranched alkanes of at least 4 members (excludes halogenated alkanes) is 2. The highest BCUT2D eigenvalue weighted by molar-refractivity contribution is 7.85. The van der Waals surface area contributed by atoms with E-state index in [9.17, 15) is 9.00 Å². The highest BCUT2D eigenvalue weighted by Crippen LogP contribution is 2.39. The van der Waals surface area contributed by atoms with Crippen LogP contribution in [0.1, 0.15) is 58.9 Å². The molecule has 1 unspecified atom stereocenters. The normalized spacial score (nSPS) is 16.4. The number of aromatic nitrogens is 1. The molecule has 5 nitrogen and oxygen atoms in total. The number of nitrogens with zero attached hydrogens (tertiary/aromatic N) is 2. The fourth-order valence-electron chi connectivity index (χ4n) is 2.64. The van der Waals surface area contributed by atoms with Gasteiger partial charge in [0, 0.05) is 35.1 Å². The molecule has 1 aromatic heterocycles. The Bertz CT molecular complexity index is 668. The van der Waals surface area contributed by atoms with Gasteiger partial charge >= 0.3 is 5.97 Å². The Kier molecular flexibility index (Phi) is 6.27. The lowest BCUT2D eigenvalue weighted by molar-refractivity contribution is -0.143. The summed E-state index contributed by atoms with van der Waals surface area (Å²) < 4.78 is 17.4. The minimum absolute atomic E-state index is 0.151. The Balaban J connectivity index is 1.85. The summed E-state index contributed by atoms with van der Waals surface area (Å²) in [5, 5.41) is 0. The summed E-state index contributed by atoms with van der Waals surface area (Å²) in [5.74, 6) is 1.18. The van der Waals surface area contributed by atoms with E-state index in [0.717, 1.165) is 41.3 Å². The first kappa shape index (κ1) is 18.8. The van der Waals surface area contributed by atoms with Crippen molar-refractivity contribution in [2.24, 2.45) is 4.99 Å². The first-order valence-corrected chi connectivity index (χ1v) is 9.78. The number of fused-ring (bicyclic) bond motifs is 1. The van der Waals surface area contributed by atoms with Gasteiger partial charge in [0.05, 0.1) is 22.3 Å². The number of pyridine rings is 1. The third-order valence-electron chi connectivity index (χ3n) is 4.47. The molecule has 0 spiro atoms. The van der Waals surface area contributed by atoms with Crippen LogP contribution in [0, 0.1) is 0 Å². The van der Waals surface area contributed by atoms with Gasteiger partial charge in [-0.05, 0) is 32.8 Å². The second-order valence-electron chi connectivity index (χ2n) is 6.53. The van der Waals surface area contributed by atoms with E-state index in [4.69, 9.17) is 4.74 Å². The summed E-state index contributed by atoms with van der Waals surface area (Å²) in [6.45, 7) is 8.46. The molecule has 0 saturated carbocycles. The molecule has 2 heterocycles. The van der Waals surface area contributed by atoms with E-state index < -0.39 is 10.8 Å². The van der Waals surface area contributed by atoms with Crippen molar-refractivity contribution < 1.29 is 13.7 Å². The van der Waals surface area contributed by atoms with E-state index in [-0.39, 0.29) is 11.4 Å². The van der Waals surface area contributed by atoms with Crippen molar-refractivity contribution in [2.75, 3.05) is 12.4 Å². The van der Waals surface area contributed by atoms with Gasteiger partial charge in [-0.15, -0.1) is 0 Å². The van der Waals surface area contributed by atoms with Crippen LogP contribution in [0.15, 0.2) is 22.2 Å². The molecule has 24 heavy (non-hydrogen) atoms. The van der Waals surface area contributed by atoms with E-state index in [0.29, 0.717) is 18.8 Å². The standard InChI is InChI=1S/C18H26N2O3S/c1-5-23-16(21)9-7-6-8-10-24(22)14-11-15-17(19-12-14)20-13(2)18(15,3)4/h11-12H,5-10H2,1-4H3. The Morgan fingerprint density at radius 2 is 2.04 bits per heavy atom. The average molecular weight is 350 g/mol. The lowest BCUT2D eigenvalue weighted by atomic mass is 9.83. The van der Waals surface area contributed by atoms with Crippen molar-refractivity contribution >= 4 is 28.3 Å². The van der Waals surface area contributed by atoms with Crippen molar-refractivity contribution in [3.8, 4) is 0 Å². The van der Waals surface area contributed by atoms with Crippen molar-refractivity contribution in [3.05, 3.63) is 17.8 Å². The summed E-state index contributed by atoms with van der Waals surface area (Å²) >= 11 is 0. The fraction of sp³-hybridized carbons (Fsp3) is 0.611. The van der Waals surface area contributed by atoms with Gasteiger partial charge in [-0.1, -0.05) is 20.3 Å². The zero-order valence-corrected chi connectivity index (χ0v) is 15.7. The number of aliphatic imine (C=N–C) groups is 1. The largest absolute Gasteiger partial charge is 0.466 e. The van der Waals surface area contributed by atoms with E-state index in [1.54, 1.807) is 13.1 Å². The number of hydrogen-bond acceptors (Lipinski definition) is 5. The van der Waals surface area contributed by atoms with Crippen molar-refractivity contribution in [2.45, 2.75) is 63.7 Å². The van der Waals surface area contributed by atoms with Gasteiger partial charge in [0.1, 0.15) is 0 Å². The fourth-order valence-corrected chi connectivity index (χ4v) is 3.76. The first-order chi connectivity index (χ1) is 11.4. The SMILES string of the molecule is CCOC(=O)CCCCCS(=O)c1cnc2c(c1)C(C)(C)C(C)=N2. The maximum Gasteiger partial charge on any atom is 0.305 e. The van der Waals surface area contributed by atoms with E-state index in [2.05, 4.69) is 23.8 Å². The molecule has 1 aliphatic rings. The van der Waals surface area contributed by atoms with Crippen molar-refractivity contribution in [1.29, 1.82) is 0 Å². The molecule has 0 N–H and O–H groups in total. The van der Waals surface area contributed by atoms with Crippen LogP contribution in [-0.4, -0.2) is 33.2 Å². The number of esters is 1. The Morgan fingerprint density at radius 3 is 2.75 bits per heavy atom. The number of rotatable bonds is 8. The first-order valence-electron chi connectivity index (χ1n) is 8.46. The monoisotopic (exact) mass is 350 g/mol. The zero-order chi connectivity index (χ0) is 17.7. The van der Waals surface area contributed by atoms with Gasteiger partial charge in [-0.3, -0.25) is 9.00 Å². The second-order valence-corrected chi connectivity index (χ2v) is 8.10. The van der Waals surface area contributed by atoms with Crippen LogP contribution in [0.5, 0.6) is 0 Å². The van der Waals surface area contributed by atoms with Crippen LogP contribution in [0.3, 0.4) is 0 Å². The molecule has 0 amide bonds. The molecule has 0 fully saturated rings. The average Bonchev–Trinajstić information content (AvgIpc) is 2.76. The molecule has 0 saturated heterocycles. The minimum Gasteiger partial charge on any atom is -0.466 e. The summed E-state index contributed by atoms with van der Waals surface area (Å²) in [6.07, 6.45) is 4.58. The summed E-state index contributed by atoms with van der Waals surface area (Å²) in [7, 11) is -1.07. The molecule has 0 radical (unpaired) electrons. The molecule has 1 atom stereocenters. The van der Waals surface area contributed by atoms with Crippen LogP contribution in [0.2, 0.25) is 0 Å². The van der Waals surface area contributed by atoms with Gasteiger partial charge < -0.3 is 4.74 Å². The molecular weight excluding hydrogens is 324 g/mol. The molecule has 0 aliphatic carbocycles. The maximum absolute atomic E-state index is 12.5. The van der Waals surface area contributed by atoms with Crippen molar-refractivity contribution in [3.63, 3.8) is 0 Å². The number of carbonyl (C=O) groups is 1. The minimum atomic E-state index is -1.07. The Hall–Kier alpha value is -1.56. The maximum atomic E-state index is 12.5. The third-order valence-corrected chi connectivity index (χ3v) is 5.88. The van der Waals surface area contributed by atoms with E-state index in [1.807, 2.05) is 13.0 Å². The van der Waals surface area contributed by atoms with Gasteiger partial charge in [-0.25, -0.2) is 9.98 Å². The Morgan fingerprint density at radius 1 is 1.29 bits per heavy atom. The van der Waals surface area contributed by atoms with Gasteiger partial charge in [0.15, 0.2) is 5.82 Å². The molecular formula is C18H26N2O3S. The molecule has 1 aliphatic heterocycles. The third kappa shape index (κ3) is 4.29. The Labute approximate surface area is 146 Å². The van der Waals surface area contributed by atoms with Gasteiger partial charge in [0.25, 0.3) is 0 Å². The lowest BCUT2D eigenvalue weighted by Crippen LogP contribution is -2.23. The predicted molar refractivity (Wildman–Crippen MR) is 96.4 cm³/mol. The summed E-state index contributed by atoms with van der Waals surface area (Å²) in [5.41, 5.74) is 1.93. The van der Waals surface area contributed by atoms with E-state index >= 15 is 0 Å². The molecule has 6 heteroatoms. The van der Waals surface area contributed by atoms with Crippen LogP contribution in [-0.2, 0) is 25.7 Å². The van der Waals surface area contributed by atoms with Crippen LogP contribution >= 0.6 is 0 Å². The topological polar surface area (TPSA) is 68.6 Å². The molecule has 0 bridgehead atoms. The molecule has 2 rings (SSSR count). The van der Waals surface area contributed by atoms with Crippen LogP contribution in [0.25, 0.3) is 0 Å². The molecule has 0 aromatic carbocycles. The van der Waals surface area contributed by atoms with Gasteiger partial charge in [0.2, 0.25) is 0 Å².